The minimum absolute atomic E-state index is 0. The van der Waals surface area contributed by atoms with Gasteiger partial charge in [-0.3, -0.25) is 4.99 Å². The first-order valence-corrected chi connectivity index (χ1v) is 11.4. The fraction of sp³-hybridized carbons (Fsp3) is 0.708. The first kappa shape index (κ1) is 26.2. The fourth-order valence-corrected chi connectivity index (χ4v) is 4.00. The summed E-state index contributed by atoms with van der Waals surface area (Å²) in [6.45, 7) is 10.4. The van der Waals surface area contributed by atoms with Gasteiger partial charge < -0.3 is 24.4 Å². The molecule has 2 saturated heterocycles. The minimum atomic E-state index is -0.220. The molecule has 3 rings (SSSR count). The van der Waals surface area contributed by atoms with Crippen molar-refractivity contribution in [1.29, 1.82) is 0 Å². The molecule has 2 aliphatic rings. The minimum Gasteiger partial charge on any atom is -0.488 e. The van der Waals surface area contributed by atoms with Crippen LogP contribution in [0, 0.1) is 0 Å². The third-order valence-electron chi connectivity index (χ3n) is 5.57. The van der Waals surface area contributed by atoms with Crippen LogP contribution in [0.1, 0.15) is 58.4 Å². The number of benzene rings is 1. The van der Waals surface area contributed by atoms with Gasteiger partial charge in [0.1, 0.15) is 11.4 Å². The summed E-state index contributed by atoms with van der Waals surface area (Å²) < 4.78 is 18.0. The van der Waals surface area contributed by atoms with Crippen molar-refractivity contribution in [3.05, 3.63) is 29.8 Å². The maximum Gasteiger partial charge on any atom is 0.193 e. The van der Waals surface area contributed by atoms with E-state index in [-0.39, 0.29) is 29.6 Å². The number of nitrogens with one attached hydrogen (secondary N) is 1. The van der Waals surface area contributed by atoms with Crippen LogP contribution >= 0.6 is 24.0 Å². The molecule has 1 atom stereocenters. The second-order valence-electron chi connectivity index (χ2n) is 9.23. The number of guanidine groups is 1. The second kappa shape index (κ2) is 12.8. The van der Waals surface area contributed by atoms with Gasteiger partial charge in [-0.2, -0.15) is 0 Å². The Morgan fingerprint density at radius 1 is 1.16 bits per heavy atom. The van der Waals surface area contributed by atoms with Gasteiger partial charge in [0.15, 0.2) is 5.96 Å². The van der Waals surface area contributed by atoms with Gasteiger partial charge in [0, 0.05) is 38.9 Å². The van der Waals surface area contributed by atoms with E-state index in [0.717, 1.165) is 62.8 Å². The molecule has 2 aliphatic heterocycles. The van der Waals surface area contributed by atoms with Crippen molar-refractivity contribution in [3.63, 3.8) is 0 Å². The summed E-state index contributed by atoms with van der Waals surface area (Å²) in [7, 11) is 1.85. The Labute approximate surface area is 205 Å². The summed E-state index contributed by atoms with van der Waals surface area (Å²) in [5.74, 6) is 1.86. The summed E-state index contributed by atoms with van der Waals surface area (Å²) in [4.78, 5) is 6.83. The molecule has 0 radical (unpaired) electrons. The van der Waals surface area contributed by atoms with Crippen LogP contribution in [0.3, 0.4) is 0 Å². The van der Waals surface area contributed by atoms with Crippen molar-refractivity contribution in [2.75, 3.05) is 33.4 Å². The van der Waals surface area contributed by atoms with Crippen LogP contribution in [0.2, 0.25) is 0 Å². The molecule has 1 aromatic rings. The molecule has 6 nitrogen and oxygen atoms in total. The Hall–Kier alpha value is -1.06. The zero-order valence-corrected chi connectivity index (χ0v) is 21.9. The van der Waals surface area contributed by atoms with E-state index in [1.165, 1.54) is 12.8 Å². The number of piperidine rings is 1. The Bertz CT molecular complexity index is 679. The van der Waals surface area contributed by atoms with E-state index in [9.17, 15) is 0 Å². The van der Waals surface area contributed by atoms with Crippen LogP contribution in [-0.4, -0.2) is 62.0 Å². The third kappa shape index (κ3) is 8.77. The zero-order valence-electron chi connectivity index (χ0n) is 19.6. The molecule has 0 amide bonds. The molecular formula is C24H40IN3O3. The fourth-order valence-electron chi connectivity index (χ4n) is 4.00. The van der Waals surface area contributed by atoms with Crippen LogP contribution < -0.4 is 10.1 Å². The Kier molecular flexibility index (Phi) is 10.9. The van der Waals surface area contributed by atoms with E-state index in [1.807, 2.05) is 25.2 Å². The maximum atomic E-state index is 6.15. The number of nitrogens with zero attached hydrogens (tertiary/aromatic N) is 2. The van der Waals surface area contributed by atoms with E-state index < -0.39 is 0 Å². The first-order valence-electron chi connectivity index (χ1n) is 11.4. The summed E-state index contributed by atoms with van der Waals surface area (Å²) in [6.07, 6.45) is 6.25. The van der Waals surface area contributed by atoms with Gasteiger partial charge in [0.05, 0.1) is 18.8 Å². The van der Waals surface area contributed by atoms with Gasteiger partial charge in [-0.1, -0.05) is 18.2 Å². The third-order valence-corrected chi connectivity index (χ3v) is 5.57. The lowest BCUT2D eigenvalue weighted by Gasteiger charge is -2.35. The molecular weight excluding hydrogens is 505 g/mol. The Morgan fingerprint density at radius 3 is 2.55 bits per heavy atom. The molecule has 0 bridgehead atoms. The molecule has 2 fully saturated rings. The quantitative estimate of drug-likeness (QED) is 0.322. The van der Waals surface area contributed by atoms with Crippen molar-refractivity contribution in [1.82, 2.24) is 10.2 Å². The summed E-state index contributed by atoms with van der Waals surface area (Å²) >= 11 is 0. The molecule has 31 heavy (non-hydrogen) atoms. The van der Waals surface area contributed by atoms with Gasteiger partial charge >= 0.3 is 0 Å². The standard InChI is InChI=1S/C24H39N3O3.HI/c1-24(2,3)30-22-11-6-5-9-19(22)17-26-23(25-4)27-14-12-20(13-15-27)29-18-21-10-7-8-16-28-21;/h5-6,9,11,20-21H,7-8,10,12-18H2,1-4H3,(H,25,26);1H. The number of halogens is 1. The molecule has 176 valence electrons. The van der Waals surface area contributed by atoms with Crippen LogP contribution in [0.4, 0.5) is 0 Å². The number of rotatable bonds is 6. The highest BCUT2D eigenvalue weighted by Gasteiger charge is 2.24. The summed E-state index contributed by atoms with van der Waals surface area (Å²) in [6, 6.07) is 8.20. The smallest absolute Gasteiger partial charge is 0.193 e. The molecule has 0 aromatic heterocycles. The maximum absolute atomic E-state index is 6.15. The largest absolute Gasteiger partial charge is 0.488 e. The van der Waals surface area contributed by atoms with Crippen molar-refractivity contribution in [3.8, 4) is 5.75 Å². The summed E-state index contributed by atoms with van der Waals surface area (Å²) in [5, 5.41) is 3.52. The number of hydrogen-bond acceptors (Lipinski definition) is 4. The molecule has 7 heteroatoms. The van der Waals surface area contributed by atoms with Crippen LogP contribution in [0.5, 0.6) is 5.75 Å². The van der Waals surface area contributed by atoms with Crippen molar-refractivity contribution in [2.45, 2.75) is 77.2 Å². The first-order chi connectivity index (χ1) is 14.4. The highest BCUT2D eigenvalue weighted by molar-refractivity contribution is 14.0. The van der Waals surface area contributed by atoms with Crippen molar-refractivity contribution < 1.29 is 14.2 Å². The molecule has 0 saturated carbocycles. The molecule has 0 aliphatic carbocycles. The summed E-state index contributed by atoms with van der Waals surface area (Å²) in [5.41, 5.74) is 0.918. The zero-order chi connectivity index (χ0) is 21.4. The van der Waals surface area contributed by atoms with Crippen molar-refractivity contribution in [2.24, 2.45) is 4.99 Å². The highest BCUT2D eigenvalue weighted by Crippen LogP contribution is 2.23. The average Bonchev–Trinajstić information content (AvgIpc) is 2.74. The Morgan fingerprint density at radius 2 is 1.90 bits per heavy atom. The number of likely N-dealkylation sites (tertiary alicyclic amines) is 1. The molecule has 0 spiro atoms. The van der Waals surface area contributed by atoms with E-state index in [4.69, 9.17) is 14.2 Å². The number of aliphatic imine (C=N–C) groups is 1. The van der Waals surface area contributed by atoms with Gasteiger partial charge in [-0.25, -0.2) is 0 Å². The normalized spacial score (nSPS) is 20.8. The van der Waals surface area contributed by atoms with Crippen LogP contribution in [0.15, 0.2) is 29.3 Å². The van der Waals surface area contributed by atoms with Crippen LogP contribution in [-0.2, 0) is 16.0 Å². The monoisotopic (exact) mass is 545 g/mol. The van der Waals surface area contributed by atoms with Gasteiger partial charge in [0.25, 0.3) is 0 Å². The highest BCUT2D eigenvalue weighted by atomic mass is 127. The average molecular weight is 546 g/mol. The molecule has 1 aromatic carbocycles. The predicted octanol–water partition coefficient (Wildman–Crippen LogP) is 4.61. The van der Waals surface area contributed by atoms with Crippen molar-refractivity contribution >= 4 is 29.9 Å². The number of hydrogen-bond donors (Lipinski definition) is 1. The molecule has 2 heterocycles. The molecule has 1 N–H and O–H groups in total. The van der Waals surface area contributed by atoms with E-state index in [0.29, 0.717) is 18.8 Å². The van der Waals surface area contributed by atoms with Gasteiger partial charge in [0.2, 0.25) is 0 Å². The molecule has 1 unspecified atom stereocenters. The topological polar surface area (TPSA) is 55.3 Å². The second-order valence-corrected chi connectivity index (χ2v) is 9.23. The van der Waals surface area contributed by atoms with Crippen LogP contribution in [0.25, 0.3) is 0 Å². The lowest BCUT2D eigenvalue weighted by molar-refractivity contribution is -0.0721. The lowest BCUT2D eigenvalue weighted by atomic mass is 10.1. The van der Waals surface area contributed by atoms with E-state index in [2.05, 4.69) is 42.0 Å². The Balaban J connectivity index is 0.00000341. The number of ether oxygens (including phenoxy) is 3. The van der Waals surface area contributed by atoms with Gasteiger partial charge in [-0.15, -0.1) is 24.0 Å². The van der Waals surface area contributed by atoms with E-state index in [1.54, 1.807) is 0 Å². The SMILES string of the molecule is CN=C(NCc1ccccc1OC(C)(C)C)N1CCC(OCC2CCCCO2)CC1.I. The lowest BCUT2D eigenvalue weighted by Crippen LogP contribution is -2.47. The van der Waals surface area contributed by atoms with Gasteiger partial charge in [-0.05, 0) is 58.9 Å². The predicted molar refractivity (Wildman–Crippen MR) is 137 cm³/mol. The number of para-hydroxylation sites is 1. The van der Waals surface area contributed by atoms with E-state index >= 15 is 0 Å².